The zero-order chi connectivity index (χ0) is 21.5. The Morgan fingerprint density at radius 3 is 2.70 bits per heavy atom. The Morgan fingerprint density at radius 2 is 1.97 bits per heavy atom. The van der Waals surface area contributed by atoms with E-state index in [2.05, 4.69) is 6.07 Å². The summed E-state index contributed by atoms with van der Waals surface area (Å²) in [6.07, 6.45) is 0. The summed E-state index contributed by atoms with van der Waals surface area (Å²) < 4.78 is 0. The number of hydrogen-bond donors (Lipinski definition) is 1. The molecule has 7 heteroatoms. The highest BCUT2D eigenvalue weighted by Gasteiger charge is 2.48. The van der Waals surface area contributed by atoms with E-state index in [1.807, 2.05) is 48.7 Å². The minimum atomic E-state index is -0.881. The molecule has 2 atom stereocenters. The van der Waals surface area contributed by atoms with Gasteiger partial charge >= 0.3 is 0 Å². The Balaban J connectivity index is 1.85. The average molecular weight is 435 g/mol. The number of aliphatic imine (C=N–C) groups is 1. The van der Waals surface area contributed by atoms with Crippen LogP contribution in [0.3, 0.4) is 0 Å². The van der Waals surface area contributed by atoms with Crippen molar-refractivity contribution in [3.8, 4) is 17.2 Å². The van der Waals surface area contributed by atoms with E-state index in [1.165, 1.54) is 16.2 Å². The molecule has 0 spiro atoms. The third-order valence-electron chi connectivity index (χ3n) is 5.44. The number of nitriles is 1. The van der Waals surface area contributed by atoms with Crippen LogP contribution in [0.15, 0.2) is 65.0 Å². The maximum absolute atomic E-state index is 13.3. The molecule has 3 aromatic rings. The fraction of sp³-hybridized carbons (Fsp3) is 0.174. The second-order valence-electron chi connectivity index (χ2n) is 7.40. The third-order valence-corrected chi connectivity index (χ3v) is 6.83. The quantitative estimate of drug-likeness (QED) is 0.647. The Kier molecular flexibility index (Phi) is 5.10. The summed E-state index contributed by atoms with van der Waals surface area (Å²) in [5.41, 5.74) is 8.52. The molecule has 0 radical (unpaired) electrons. The van der Waals surface area contributed by atoms with Gasteiger partial charge in [-0.25, -0.2) is 4.99 Å². The minimum Gasteiger partial charge on any atom is -0.369 e. The first kappa shape index (κ1) is 20.1. The van der Waals surface area contributed by atoms with Crippen LogP contribution < -0.4 is 5.73 Å². The summed E-state index contributed by atoms with van der Waals surface area (Å²) in [5, 5.41) is 11.8. The number of carbonyl (C=O) groups is 1. The SMILES string of the molecule is CN1C(=O)[C@@H](c2cccc(Cl)c2)[C@@](C)(c2cc(-c3cccc(C#N)c3)cs2)N=C1N. The predicted octanol–water partition coefficient (Wildman–Crippen LogP) is 4.73. The zero-order valence-electron chi connectivity index (χ0n) is 16.5. The van der Waals surface area contributed by atoms with Crippen LogP contribution in [0.2, 0.25) is 5.02 Å². The standard InChI is InChI=1S/C23H19ClN4OS/c1-23(19-11-17(13-30-19)15-6-3-5-14(9-15)12-25)20(16-7-4-8-18(24)10-16)21(29)28(2)22(26)27-23/h3-11,13,20H,1-2H3,(H2,26,27)/t20-,23-/m1/s1. The number of benzene rings is 2. The number of carbonyl (C=O) groups excluding carboxylic acids is 1. The van der Waals surface area contributed by atoms with E-state index in [0.29, 0.717) is 10.6 Å². The van der Waals surface area contributed by atoms with Gasteiger partial charge in [-0.1, -0.05) is 35.9 Å². The van der Waals surface area contributed by atoms with Crippen molar-refractivity contribution < 1.29 is 4.79 Å². The number of nitrogens with zero attached hydrogens (tertiary/aromatic N) is 3. The molecule has 1 amide bonds. The van der Waals surface area contributed by atoms with E-state index in [0.717, 1.165) is 21.6 Å². The highest BCUT2D eigenvalue weighted by atomic mass is 35.5. The van der Waals surface area contributed by atoms with E-state index < -0.39 is 11.5 Å². The molecule has 2 aromatic carbocycles. The number of guanidine groups is 1. The van der Waals surface area contributed by atoms with Crippen molar-refractivity contribution in [2.24, 2.45) is 10.7 Å². The average Bonchev–Trinajstić information content (AvgIpc) is 3.23. The highest BCUT2D eigenvalue weighted by Crippen LogP contribution is 2.47. The Bertz CT molecular complexity index is 1210. The summed E-state index contributed by atoms with van der Waals surface area (Å²) in [5.74, 6) is -0.513. The van der Waals surface area contributed by atoms with Gasteiger partial charge in [0.25, 0.3) is 0 Å². The van der Waals surface area contributed by atoms with Gasteiger partial charge in [0.15, 0.2) is 5.96 Å². The van der Waals surface area contributed by atoms with E-state index in [1.54, 1.807) is 25.2 Å². The number of thiophene rings is 1. The molecular weight excluding hydrogens is 416 g/mol. The first-order chi connectivity index (χ1) is 14.3. The molecule has 150 valence electrons. The van der Waals surface area contributed by atoms with Crippen molar-refractivity contribution in [1.29, 1.82) is 5.26 Å². The second kappa shape index (κ2) is 7.60. The number of halogens is 1. The van der Waals surface area contributed by atoms with E-state index in [4.69, 9.17) is 22.3 Å². The number of amides is 1. The monoisotopic (exact) mass is 434 g/mol. The number of rotatable bonds is 3. The van der Waals surface area contributed by atoms with Crippen LogP contribution in [0.1, 0.15) is 28.8 Å². The lowest BCUT2D eigenvalue weighted by atomic mass is 9.77. The molecule has 4 rings (SSSR count). The van der Waals surface area contributed by atoms with Gasteiger partial charge in [0, 0.05) is 16.9 Å². The van der Waals surface area contributed by atoms with E-state index in [-0.39, 0.29) is 11.9 Å². The van der Waals surface area contributed by atoms with Gasteiger partial charge in [-0.2, -0.15) is 5.26 Å². The molecule has 2 heterocycles. The van der Waals surface area contributed by atoms with Crippen LogP contribution in [-0.2, 0) is 10.3 Å². The fourth-order valence-corrected chi connectivity index (χ4v) is 5.05. The Hall–Kier alpha value is -3.14. The summed E-state index contributed by atoms with van der Waals surface area (Å²) in [6.45, 7) is 1.93. The van der Waals surface area contributed by atoms with E-state index in [9.17, 15) is 10.1 Å². The lowest BCUT2D eigenvalue weighted by Crippen LogP contribution is -2.52. The van der Waals surface area contributed by atoms with Gasteiger partial charge in [-0.3, -0.25) is 9.69 Å². The van der Waals surface area contributed by atoms with Crippen LogP contribution >= 0.6 is 22.9 Å². The van der Waals surface area contributed by atoms with Crippen LogP contribution in [0.25, 0.3) is 11.1 Å². The number of nitrogens with two attached hydrogens (primary N) is 1. The molecular formula is C23H19ClN4OS. The minimum absolute atomic E-state index is 0.131. The second-order valence-corrected chi connectivity index (χ2v) is 8.74. The van der Waals surface area contributed by atoms with Gasteiger partial charge in [-0.05, 0) is 59.3 Å². The summed E-state index contributed by atoms with van der Waals surface area (Å²) in [4.78, 5) is 20.3. The van der Waals surface area contributed by atoms with Crippen LogP contribution in [0.5, 0.6) is 0 Å². The molecule has 0 aliphatic carbocycles. The number of likely N-dealkylation sites (N-methyl/N-ethyl adjacent to an activating group) is 1. The lowest BCUT2D eigenvalue weighted by Gasteiger charge is -2.40. The lowest BCUT2D eigenvalue weighted by molar-refractivity contribution is -0.130. The van der Waals surface area contributed by atoms with Crippen LogP contribution in [-0.4, -0.2) is 23.8 Å². The van der Waals surface area contributed by atoms with Crippen LogP contribution in [0.4, 0.5) is 0 Å². The van der Waals surface area contributed by atoms with Gasteiger partial charge in [0.1, 0.15) is 5.54 Å². The fourth-order valence-electron chi connectivity index (χ4n) is 3.80. The third kappa shape index (κ3) is 3.36. The molecule has 5 nitrogen and oxygen atoms in total. The molecule has 0 saturated carbocycles. The molecule has 30 heavy (non-hydrogen) atoms. The van der Waals surface area contributed by atoms with Crippen molar-refractivity contribution in [3.63, 3.8) is 0 Å². The maximum Gasteiger partial charge on any atom is 0.239 e. The smallest absolute Gasteiger partial charge is 0.239 e. The van der Waals surface area contributed by atoms with E-state index >= 15 is 0 Å². The maximum atomic E-state index is 13.3. The van der Waals surface area contributed by atoms with Gasteiger partial charge in [-0.15, -0.1) is 11.3 Å². The number of hydrogen-bond acceptors (Lipinski definition) is 5. The normalized spacial score (nSPS) is 21.3. The summed E-state index contributed by atoms with van der Waals surface area (Å²) >= 11 is 7.74. The predicted molar refractivity (Wildman–Crippen MR) is 120 cm³/mol. The topological polar surface area (TPSA) is 82.5 Å². The summed E-state index contributed by atoms with van der Waals surface area (Å²) in [7, 11) is 1.63. The Morgan fingerprint density at radius 1 is 1.20 bits per heavy atom. The van der Waals surface area contributed by atoms with Crippen molar-refractivity contribution in [2.75, 3.05) is 7.05 Å². The van der Waals surface area contributed by atoms with Crippen molar-refractivity contribution in [2.45, 2.75) is 18.4 Å². The molecule has 0 unspecified atom stereocenters. The largest absolute Gasteiger partial charge is 0.369 e. The molecule has 0 saturated heterocycles. The van der Waals surface area contributed by atoms with Crippen molar-refractivity contribution in [3.05, 3.63) is 81.0 Å². The molecule has 1 aliphatic heterocycles. The van der Waals surface area contributed by atoms with Crippen LogP contribution in [0, 0.1) is 11.3 Å². The molecule has 1 aromatic heterocycles. The van der Waals surface area contributed by atoms with Crippen molar-refractivity contribution in [1.82, 2.24) is 4.90 Å². The zero-order valence-corrected chi connectivity index (χ0v) is 18.0. The first-order valence-corrected chi connectivity index (χ1v) is 10.6. The molecule has 1 aliphatic rings. The molecule has 2 N–H and O–H groups in total. The van der Waals surface area contributed by atoms with Gasteiger partial charge in [0.05, 0.1) is 17.6 Å². The molecule has 0 fully saturated rings. The van der Waals surface area contributed by atoms with Gasteiger partial charge < -0.3 is 5.73 Å². The highest BCUT2D eigenvalue weighted by molar-refractivity contribution is 7.10. The Labute approximate surface area is 184 Å². The molecule has 0 bridgehead atoms. The van der Waals surface area contributed by atoms with Gasteiger partial charge in [0.2, 0.25) is 5.91 Å². The van der Waals surface area contributed by atoms with Crippen molar-refractivity contribution >= 4 is 34.8 Å². The summed E-state index contributed by atoms with van der Waals surface area (Å²) in [6, 6.07) is 18.9. The first-order valence-electron chi connectivity index (χ1n) is 9.31.